The molecule has 0 saturated heterocycles. The van der Waals surface area contributed by atoms with Crippen molar-refractivity contribution >= 4 is 5.97 Å². The third-order valence-electron chi connectivity index (χ3n) is 1.42. The Labute approximate surface area is 97.4 Å². The first kappa shape index (κ1) is 16.3. The van der Waals surface area contributed by atoms with Gasteiger partial charge in [-0.2, -0.15) is 0 Å². The van der Waals surface area contributed by atoms with Gasteiger partial charge in [0, 0.05) is 0 Å². The summed E-state index contributed by atoms with van der Waals surface area (Å²) in [5.74, 6) is -13.9. The number of carboxylic acid groups (broad SMARTS) is 1. The second-order valence-electron chi connectivity index (χ2n) is 2.99. The monoisotopic (exact) mass is 273 g/mol. The van der Waals surface area contributed by atoms with Gasteiger partial charge in [0.05, 0.1) is 6.23 Å². The summed E-state index contributed by atoms with van der Waals surface area (Å²) in [6.07, 6.45) is -0.667. The number of rotatable bonds is 1. The van der Waals surface area contributed by atoms with Gasteiger partial charge < -0.3 is 15.9 Å². The maximum atomic E-state index is 12.6. The topological polar surface area (TPSA) is 83.5 Å². The fraction of sp³-hybridized carbons (Fsp3) is 0.222. The van der Waals surface area contributed by atoms with Gasteiger partial charge in [-0.25, -0.2) is 26.7 Å². The largest absolute Gasteiger partial charge is 0.477 e. The fourth-order valence-electron chi connectivity index (χ4n) is 0.793. The van der Waals surface area contributed by atoms with Crippen molar-refractivity contribution in [3.05, 3.63) is 34.6 Å². The van der Waals surface area contributed by atoms with Crippen molar-refractivity contribution in [1.29, 1.82) is 0 Å². The first-order chi connectivity index (χ1) is 8.11. The van der Waals surface area contributed by atoms with Gasteiger partial charge in [-0.05, 0) is 6.92 Å². The number of aliphatic hydroxyl groups excluding tert-OH is 1. The number of aliphatic hydroxyl groups is 1. The Morgan fingerprint density at radius 1 is 1.00 bits per heavy atom. The molecule has 18 heavy (non-hydrogen) atoms. The van der Waals surface area contributed by atoms with E-state index in [-0.39, 0.29) is 0 Å². The molecule has 0 amide bonds. The molecule has 1 aromatic carbocycles. The van der Waals surface area contributed by atoms with Crippen LogP contribution in [0.25, 0.3) is 0 Å². The van der Waals surface area contributed by atoms with Crippen molar-refractivity contribution < 1.29 is 37.0 Å². The average Bonchev–Trinajstić information content (AvgIpc) is 2.22. The van der Waals surface area contributed by atoms with Crippen molar-refractivity contribution in [2.45, 2.75) is 13.2 Å². The number of aromatic carboxylic acids is 1. The van der Waals surface area contributed by atoms with E-state index in [1.807, 2.05) is 0 Å². The summed E-state index contributed by atoms with van der Waals surface area (Å²) < 4.78 is 62.1. The highest BCUT2D eigenvalue weighted by Gasteiger charge is 2.29. The van der Waals surface area contributed by atoms with Crippen LogP contribution in [0.5, 0.6) is 0 Å². The lowest BCUT2D eigenvalue weighted by molar-refractivity contribution is 0.0682. The van der Waals surface area contributed by atoms with E-state index in [4.69, 9.17) is 10.2 Å². The molecule has 0 bridgehead atoms. The summed E-state index contributed by atoms with van der Waals surface area (Å²) in [5.41, 5.74) is 2.81. The van der Waals surface area contributed by atoms with Crippen LogP contribution < -0.4 is 5.73 Å². The van der Waals surface area contributed by atoms with Gasteiger partial charge >= 0.3 is 5.97 Å². The average molecular weight is 273 g/mol. The van der Waals surface area contributed by atoms with Crippen LogP contribution in [0.4, 0.5) is 22.0 Å². The number of carboxylic acids is 1. The molecule has 1 aromatic rings. The van der Waals surface area contributed by atoms with E-state index in [2.05, 4.69) is 5.73 Å². The molecular weight excluding hydrogens is 265 g/mol. The second-order valence-corrected chi connectivity index (χ2v) is 2.99. The summed E-state index contributed by atoms with van der Waals surface area (Å²) in [5, 5.41) is 16.0. The van der Waals surface area contributed by atoms with Gasteiger partial charge in [-0.1, -0.05) is 0 Å². The highest BCUT2D eigenvalue weighted by molar-refractivity contribution is 5.88. The number of nitrogens with two attached hydrogens (primary N) is 1. The van der Waals surface area contributed by atoms with Gasteiger partial charge in [0.2, 0.25) is 5.82 Å². The smallest absolute Gasteiger partial charge is 0.341 e. The number of hydrogen-bond donors (Lipinski definition) is 3. The molecule has 4 N–H and O–H groups in total. The molecule has 1 rings (SSSR count). The molecular formula is C9H8F5NO3. The van der Waals surface area contributed by atoms with Crippen LogP contribution in [0, 0.1) is 29.1 Å². The van der Waals surface area contributed by atoms with Crippen LogP contribution in [0.3, 0.4) is 0 Å². The van der Waals surface area contributed by atoms with E-state index in [9.17, 15) is 26.7 Å². The van der Waals surface area contributed by atoms with Crippen LogP contribution in [0.1, 0.15) is 17.3 Å². The predicted molar refractivity (Wildman–Crippen MR) is 49.1 cm³/mol. The molecule has 0 fully saturated rings. The summed E-state index contributed by atoms with van der Waals surface area (Å²) in [4.78, 5) is 10.1. The van der Waals surface area contributed by atoms with Gasteiger partial charge in [-0.15, -0.1) is 0 Å². The number of benzene rings is 1. The third kappa shape index (κ3) is 3.64. The Bertz CT molecular complexity index is 432. The van der Waals surface area contributed by atoms with Crippen molar-refractivity contribution in [2.75, 3.05) is 0 Å². The molecule has 4 nitrogen and oxygen atoms in total. The molecule has 1 unspecified atom stereocenters. The van der Waals surface area contributed by atoms with Gasteiger partial charge in [-0.3, -0.25) is 0 Å². The highest BCUT2D eigenvalue weighted by Crippen LogP contribution is 2.22. The van der Waals surface area contributed by atoms with Crippen molar-refractivity contribution in [1.82, 2.24) is 0 Å². The maximum Gasteiger partial charge on any atom is 0.341 e. The SMILES string of the molecule is CC(N)O.O=C(O)c1c(F)c(F)c(F)c(F)c1F. The predicted octanol–water partition coefficient (Wildman–Crippen LogP) is 1.36. The molecule has 0 aliphatic rings. The first-order valence-corrected chi connectivity index (χ1v) is 4.29. The molecule has 1 atom stereocenters. The summed E-state index contributed by atoms with van der Waals surface area (Å²) in [6.45, 7) is 1.50. The Kier molecular flexibility index (Phi) is 5.66. The Balaban J connectivity index is 0.000000631. The Morgan fingerprint density at radius 2 is 1.22 bits per heavy atom. The van der Waals surface area contributed by atoms with Crippen LogP contribution in [-0.4, -0.2) is 22.4 Å². The number of halogens is 5. The third-order valence-corrected chi connectivity index (χ3v) is 1.42. The summed E-state index contributed by atoms with van der Waals surface area (Å²) >= 11 is 0. The Hall–Kier alpha value is -1.74. The quantitative estimate of drug-likeness (QED) is 0.312. The lowest BCUT2D eigenvalue weighted by Gasteiger charge is -2.03. The molecule has 102 valence electrons. The lowest BCUT2D eigenvalue weighted by atomic mass is 10.1. The number of carbonyl (C=O) groups is 1. The molecule has 0 aliphatic carbocycles. The van der Waals surface area contributed by atoms with Gasteiger partial charge in [0.25, 0.3) is 0 Å². The van der Waals surface area contributed by atoms with Crippen molar-refractivity contribution in [3.63, 3.8) is 0 Å². The zero-order valence-electron chi connectivity index (χ0n) is 8.85. The first-order valence-electron chi connectivity index (χ1n) is 4.29. The van der Waals surface area contributed by atoms with Gasteiger partial charge in [0.15, 0.2) is 23.3 Å². The van der Waals surface area contributed by atoms with Crippen LogP contribution in [0.2, 0.25) is 0 Å². The molecule has 0 aromatic heterocycles. The van der Waals surface area contributed by atoms with E-state index < -0.39 is 46.8 Å². The summed E-state index contributed by atoms with van der Waals surface area (Å²) in [6, 6.07) is 0. The van der Waals surface area contributed by atoms with E-state index in [0.717, 1.165) is 0 Å². The minimum atomic E-state index is -2.38. The highest BCUT2D eigenvalue weighted by atomic mass is 19.2. The van der Waals surface area contributed by atoms with Crippen LogP contribution >= 0.6 is 0 Å². The van der Waals surface area contributed by atoms with Crippen LogP contribution in [-0.2, 0) is 0 Å². The standard InChI is InChI=1S/C7HF5O2.C2H7NO/c8-2-1(7(13)14)3(9)5(11)6(12)4(2)10;1-2(3)4/h(H,13,14);2,4H,3H2,1H3. The second kappa shape index (κ2) is 6.26. The maximum absolute atomic E-state index is 12.6. The minimum Gasteiger partial charge on any atom is -0.477 e. The normalized spacial score (nSPS) is 11.6. The minimum absolute atomic E-state index is 0.667. The molecule has 0 saturated carbocycles. The molecule has 0 aliphatic heterocycles. The van der Waals surface area contributed by atoms with Crippen molar-refractivity contribution in [2.24, 2.45) is 5.73 Å². The fourth-order valence-corrected chi connectivity index (χ4v) is 0.793. The molecule has 0 spiro atoms. The molecule has 9 heteroatoms. The Morgan fingerprint density at radius 3 is 1.44 bits per heavy atom. The van der Waals surface area contributed by atoms with E-state index in [1.165, 1.54) is 6.92 Å². The zero-order valence-corrected chi connectivity index (χ0v) is 8.85. The molecule has 0 heterocycles. The van der Waals surface area contributed by atoms with E-state index >= 15 is 0 Å². The number of hydrogen-bond acceptors (Lipinski definition) is 3. The van der Waals surface area contributed by atoms with Gasteiger partial charge in [0.1, 0.15) is 5.56 Å². The van der Waals surface area contributed by atoms with E-state index in [0.29, 0.717) is 0 Å². The van der Waals surface area contributed by atoms with Crippen LogP contribution in [0.15, 0.2) is 0 Å². The zero-order chi connectivity index (χ0) is 14.6. The lowest BCUT2D eigenvalue weighted by Crippen LogP contribution is -2.11. The van der Waals surface area contributed by atoms with Crippen molar-refractivity contribution in [3.8, 4) is 0 Å². The summed E-state index contributed by atoms with van der Waals surface area (Å²) in [7, 11) is 0. The van der Waals surface area contributed by atoms with E-state index in [1.54, 1.807) is 0 Å². The molecule has 0 radical (unpaired) electrons.